The molecule has 146 valence electrons. The summed E-state index contributed by atoms with van der Waals surface area (Å²) in [5.41, 5.74) is 12.6. The second kappa shape index (κ2) is 9.16. The van der Waals surface area contributed by atoms with Crippen LogP contribution in [0.4, 0.5) is 0 Å². The van der Waals surface area contributed by atoms with Crippen molar-refractivity contribution in [2.75, 3.05) is 0 Å². The molecule has 0 amide bonds. The Morgan fingerprint density at radius 2 is 1.00 bits per heavy atom. The summed E-state index contributed by atoms with van der Waals surface area (Å²) in [5, 5.41) is 0. The first-order valence-electron chi connectivity index (χ1n) is 9.64. The normalized spacial score (nSPS) is 19.3. The summed E-state index contributed by atoms with van der Waals surface area (Å²) in [5.74, 6) is 0. The predicted molar refractivity (Wildman–Crippen MR) is 112 cm³/mol. The molecule has 0 heterocycles. The molecule has 0 nitrogen and oxygen atoms in total. The van der Waals surface area contributed by atoms with Crippen molar-refractivity contribution in [2.45, 2.75) is 48.1 Å². The molecule has 2 atom stereocenters. The van der Waals surface area contributed by atoms with Crippen molar-refractivity contribution in [3.63, 3.8) is 0 Å². The van der Waals surface area contributed by atoms with Gasteiger partial charge in [0.25, 0.3) is 0 Å². The first-order valence-corrected chi connectivity index (χ1v) is 21.7. The summed E-state index contributed by atoms with van der Waals surface area (Å²) in [6, 6.07) is 18.5. The van der Waals surface area contributed by atoms with E-state index in [4.69, 9.17) is 0 Å². The van der Waals surface area contributed by atoms with Crippen LogP contribution in [-0.2, 0) is 20.1 Å². The fraction of sp³-hybridized carbons (Fsp3) is 0.333. The Labute approximate surface area is 190 Å². The number of benzene rings is 2. The molecule has 2 aromatic rings. The van der Waals surface area contributed by atoms with Gasteiger partial charge in [-0.15, -0.1) is 0 Å². The molecule has 0 fully saturated rings. The van der Waals surface area contributed by atoms with E-state index in [1.165, 1.54) is 11.1 Å². The van der Waals surface area contributed by atoms with Gasteiger partial charge in [-0.25, -0.2) is 0 Å². The minimum absolute atomic E-state index is 0. The van der Waals surface area contributed by atoms with Crippen LogP contribution in [0.1, 0.15) is 57.3 Å². The topological polar surface area (TPSA) is 0 Å². The molecule has 0 aliphatic heterocycles. The first kappa shape index (κ1) is 23.9. The summed E-state index contributed by atoms with van der Waals surface area (Å²) in [6.07, 6.45) is 0. The molecule has 0 unspecified atom stereocenters. The molecule has 2 aliphatic carbocycles. The standard InChI is InChI=1S/2C11H11.C2H6Si.2ClH.Hf/c2*1-8-7-10-5-3-4-6-11(10)9(8)2;1-3-2;;;/h2*3-7H,1-2H3;1-2H3;2*1H;/q;;;;;+2/p-2. The smallest absolute Gasteiger partial charge is 1.00 e. The van der Waals surface area contributed by atoms with Crippen molar-refractivity contribution < 1.29 is 44.9 Å². The van der Waals surface area contributed by atoms with Crippen LogP contribution in [0.5, 0.6) is 0 Å². The average molecular weight is 594 g/mol. The minimum atomic E-state index is -2.04. The number of hydrogen-bond acceptors (Lipinski definition) is 0. The Bertz CT molecular complexity index is 937. The summed E-state index contributed by atoms with van der Waals surface area (Å²) in [7, 11) is 0. The summed E-state index contributed by atoms with van der Waals surface area (Å²) < 4.78 is 1.55. The van der Waals surface area contributed by atoms with E-state index in [-0.39, 0.29) is 30.3 Å². The van der Waals surface area contributed by atoms with Gasteiger partial charge in [-0.3, -0.25) is 0 Å². The van der Waals surface area contributed by atoms with Crippen LogP contribution in [0.2, 0.25) is 13.1 Å². The van der Waals surface area contributed by atoms with E-state index in [2.05, 4.69) is 89.3 Å². The van der Waals surface area contributed by atoms with E-state index < -0.39 is 20.1 Å². The zero-order valence-corrected chi connectivity index (χ0v) is 23.6. The second-order valence-electron chi connectivity index (χ2n) is 8.11. The molecular formula is C24H28Cl2HfSi. The van der Waals surface area contributed by atoms with Crippen LogP contribution in [-0.4, -0.2) is 5.49 Å². The van der Waals surface area contributed by atoms with E-state index in [0.29, 0.717) is 0 Å². The van der Waals surface area contributed by atoms with Crippen LogP contribution in [0.25, 0.3) is 11.1 Å². The average Bonchev–Trinajstić information content (AvgIpc) is 3.03. The number of halogens is 2. The SMILES string of the molecule is CC1=C(C)[C@@H]([Hf+2]([C@H]2C(C)=C(C)c3ccccc32)=[Si](C)C)c2ccccc21.[Cl-].[Cl-]. The maximum Gasteiger partial charge on any atom is -1.00 e. The van der Waals surface area contributed by atoms with E-state index in [1.807, 2.05) is 0 Å². The Hall–Kier alpha value is -0.413. The maximum absolute atomic E-state index is 2.61. The zero-order chi connectivity index (χ0) is 18.6. The van der Waals surface area contributed by atoms with Gasteiger partial charge < -0.3 is 24.8 Å². The largest absolute Gasteiger partial charge is 1.00 e. The fourth-order valence-corrected chi connectivity index (χ4v) is 35.1. The number of allylic oxidation sites excluding steroid dienone is 4. The number of rotatable bonds is 2. The van der Waals surface area contributed by atoms with Crippen LogP contribution in [0.15, 0.2) is 59.7 Å². The zero-order valence-electron chi connectivity index (χ0n) is 17.5. The van der Waals surface area contributed by atoms with Crippen LogP contribution < -0.4 is 24.8 Å². The molecule has 4 rings (SSSR count). The van der Waals surface area contributed by atoms with Gasteiger partial charge in [-0.05, 0) is 0 Å². The molecule has 0 spiro atoms. The molecule has 0 bridgehead atoms. The Morgan fingerprint density at radius 1 is 0.643 bits per heavy atom. The monoisotopic (exact) mass is 594 g/mol. The Kier molecular flexibility index (Phi) is 7.81. The van der Waals surface area contributed by atoms with Gasteiger partial charge in [0, 0.05) is 0 Å². The van der Waals surface area contributed by atoms with Gasteiger partial charge in [0.05, 0.1) is 0 Å². The molecule has 0 radical (unpaired) electrons. The van der Waals surface area contributed by atoms with Crippen molar-refractivity contribution in [3.05, 3.63) is 81.9 Å². The van der Waals surface area contributed by atoms with E-state index in [0.717, 1.165) is 7.35 Å². The molecule has 4 heteroatoms. The molecule has 0 saturated carbocycles. The van der Waals surface area contributed by atoms with Crippen molar-refractivity contribution >= 4 is 16.6 Å². The predicted octanol–water partition coefficient (Wildman–Crippen LogP) is 0.960. The number of fused-ring (bicyclic) bond motifs is 2. The summed E-state index contributed by atoms with van der Waals surface area (Å²) >= 11 is -2.04. The van der Waals surface area contributed by atoms with Crippen molar-refractivity contribution in [1.29, 1.82) is 0 Å². The molecule has 2 aliphatic rings. The summed E-state index contributed by atoms with van der Waals surface area (Å²) in [4.78, 5) is 0. The third-order valence-corrected chi connectivity index (χ3v) is 34.7. The third-order valence-electron chi connectivity index (χ3n) is 6.60. The molecule has 2 aromatic carbocycles. The fourth-order valence-electron chi connectivity index (χ4n) is 5.05. The van der Waals surface area contributed by atoms with Gasteiger partial charge in [-0.2, -0.15) is 0 Å². The second-order valence-corrected chi connectivity index (χ2v) is 33.0. The van der Waals surface area contributed by atoms with E-state index in [9.17, 15) is 0 Å². The first-order chi connectivity index (χ1) is 12.4. The van der Waals surface area contributed by atoms with Gasteiger partial charge in [0.1, 0.15) is 0 Å². The van der Waals surface area contributed by atoms with Gasteiger partial charge in [0.15, 0.2) is 0 Å². The van der Waals surface area contributed by atoms with Crippen molar-refractivity contribution in [1.82, 2.24) is 0 Å². The van der Waals surface area contributed by atoms with Crippen LogP contribution in [0, 0.1) is 0 Å². The van der Waals surface area contributed by atoms with Crippen LogP contribution in [0.3, 0.4) is 0 Å². The number of hydrogen-bond donors (Lipinski definition) is 0. The van der Waals surface area contributed by atoms with Crippen molar-refractivity contribution in [3.8, 4) is 0 Å². The molecule has 0 saturated heterocycles. The Morgan fingerprint density at radius 3 is 1.36 bits per heavy atom. The maximum atomic E-state index is 2.61. The Balaban J connectivity index is 0.00000140. The molecule has 28 heavy (non-hydrogen) atoms. The molecule has 0 N–H and O–H groups in total. The van der Waals surface area contributed by atoms with Crippen molar-refractivity contribution in [2.24, 2.45) is 0 Å². The van der Waals surface area contributed by atoms with E-state index in [1.54, 1.807) is 33.4 Å². The van der Waals surface area contributed by atoms with E-state index >= 15 is 0 Å². The molecule has 0 aromatic heterocycles. The van der Waals surface area contributed by atoms with Gasteiger partial charge in [0.2, 0.25) is 0 Å². The van der Waals surface area contributed by atoms with Gasteiger partial charge >= 0.3 is 167 Å². The van der Waals surface area contributed by atoms with Crippen LogP contribution >= 0.6 is 0 Å². The third kappa shape index (κ3) is 3.60. The molecular weight excluding hydrogens is 566 g/mol. The summed E-state index contributed by atoms with van der Waals surface area (Å²) in [6.45, 7) is 14.8. The quantitative estimate of drug-likeness (QED) is 0.456. The minimum Gasteiger partial charge on any atom is -1.00 e. The van der Waals surface area contributed by atoms with Gasteiger partial charge in [-0.1, -0.05) is 0 Å².